The standard InChI is InChI=1S/C19H19ClFN3O/c1-19(2,3)13-8-12-16(9-17(13)25-4)22-10-23-18(12)24-11-5-6-15(21)14(20)7-11/h5-10H,1-4H3,(H,22,23,24). The lowest BCUT2D eigenvalue weighted by Crippen LogP contribution is -2.13. The van der Waals surface area contributed by atoms with E-state index in [4.69, 9.17) is 16.3 Å². The molecule has 0 spiro atoms. The number of methoxy groups -OCH3 is 1. The quantitative estimate of drug-likeness (QED) is 0.673. The lowest BCUT2D eigenvalue weighted by Gasteiger charge is -2.23. The van der Waals surface area contributed by atoms with E-state index in [0.717, 1.165) is 22.2 Å². The van der Waals surface area contributed by atoms with Crippen molar-refractivity contribution >= 4 is 34.0 Å². The number of aromatic nitrogens is 2. The lowest BCUT2D eigenvalue weighted by molar-refractivity contribution is 0.398. The van der Waals surface area contributed by atoms with E-state index in [2.05, 4.69) is 36.1 Å². The molecular formula is C19H19ClFN3O. The molecular weight excluding hydrogens is 341 g/mol. The second-order valence-corrected chi connectivity index (χ2v) is 7.20. The normalized spacial score (nSPS) is 11.6. The van der Waals surface area contributed by atoms with Gasteiger partial charge in [-0.05, 0) is 29.7 Å². The Kier molecular flexibility index (Phi) is 4.52. The van der Waals surface area contributed by atoms with Gasteiger partial charge in [0.05, 0.1) is 17.6 Å². The Bertz CT molecular complexity index is 938. The van der Waals surface area contributed by atoms with Crippen molar-refractivity contribution in [3.8, 4) is 5.75 Å². The largest absolute Gasteiger partial charge is 0.496 e. The van der Waals surface area contributed by atoms with Crippen LogP contribution in [0.15, 0.2) is 36.7 Å². The lowest BCUT2D eigenvalue weighted by atomic mass is 9.85. The first-order chi connectivity index (χ1) is 11.8. The molecule has 0 aliphatic rings. The van der Waals surface area contributed by atoms with Crippen LogP contribution < -0.4 is 10.1 Å². The first-order valence-corrected chi connectivity index (χ1v) is 8.22. The first kappa shape index (κ1) is 17.4. The summed E-state index contributed by atoms with van der Waals surface area (Å²) >= 11 is 5.86. The summed E-state index contributed by atoms with van der Waals surface area (Å²) in [5, 5.41) is 4.10. The van der Waals surface area contributed by atoms with E-state index in [9.17, 15) is 4.39 Å². The van der Waals surface area contributed by atoms with Crippen molar-refractivity contribution in [1.82, 2.24) is 9.97 Å². The van der Waals surface area contributed by atoms with Crippen LogP contribution in [0, 0.1) is 5.82 Å². The fourth-order valence-corrected chi connectivity index (χ4v) is 2.83. The molecule has 3 aromatic rings. The van der Waals surface area contributed by atoms with E-state index >= 15 is 0 Å². The molecule has 25 heavy (non-hydrogen) atoms. The summed E-state index contributed by atoms with van der Waals surface area (Å²) < 4.78 is 18.9. The minimum Gasteiger partial charge on any atom is -0.496 e. The van der Waals surface area contributed by atoms with Crippen LogP contribution in [0.4, 0.5) is 15.9 Å². The average Bonchev–Trinajstić information content (AvgIpc) is 2.56. The molecule has 0 radical (unpaired) electrons. The Labute approximate surface area is 151 Å². The van der Waals surface area contributed by atoms with Crippen LogP contribution in [0.1, 0.15) is 26.3 Å². The highest BCUT2D eigenvalue weighted by molar-refractivity contribution is 6.31. The van der Waals surface area contributed by atoms with Crippen molar-refractivity contribution in [1.29, 1.82) is 0 Å². The van der Waals surface area contributed by atoms with Crippen molar-refractivity contribution in [3.63, 3.8) is 0 Å². The van der Waals surface area contributed by atoms with E-state index < -0.39 is 5.82 Å². The zero-order valence-electron chi connectivity index (χ0n) is 14.5. The number of fused-ring (bicyclic) bond motifs is 1. The Balaban J connectivity index is 2.13. The van der Waals surface area contributed by atoms with Crippen LogP contribution in [-0.2, 0) is 5.41 Å². The maximum Gasteiger partial charge on any atom is 0.141 e. The summed E-state index contributed by atoms with van der Waals surface area (Å²) in [6.07, 6.45) is 1.48. The molecule has 0 unspecified atom stereocenters. The van der Waals surface area contributed by atoms with Crippen molar-refractivity contribution in [3.05, 3.63) is 53.1 Å². The van der Waals surface area contributed by atoms with Crippen molar-refractivity contribution in [2.24, 2.45) is 0 Å². The molecule has 0 saturated carbocycles. The number of nitrogens with one attached hydrogen (secondary N) is 1. The van der Waals surface area contributed by atoms with Crippen LogP contribution in [0.3, 0.4) is 0 Å². The highest BCUT2D eigenvalue weighted by Crippen LogP contribution is 2.36. The number of anilines is 2. The molecule has 0 amide bonds. The van der Waals surface area contributed by atoms with Gasteiger partial charge >= 0.3 is 0 Å². The maximum absolute atomic E-state index is 13.4. The van der Waals surface area contributed by atoms with Gasteiger partial charge in [0.25, 0.3) is 0 Å². The third-order valence-corrected chi connectivity index (χ3v) is 4.24. The summed E-state index contributed by atoms with van der Waals surface area (Å²) in [7, 11) is 1.65. The third-order valence-electron chi connectivity index (χ3n) is 3.95. The van der Waals surface area contributed by atoms with E-state index in [-0.39, 0.29) is 10.4 Å². The monoisotopic (exact) mass is 359 g/mol. The Morgan fingerprint density at radius 2 is 1.88 bits per heavy atom. The molecule has 0 saturated heterocycles. The highest BCUT2D eigenvalue weighted by Gasteiger charge is 2.21. The molecule has 0 bridgehead atoms. The molecule has 0 aliphatic heterocycles. The van der Waals surface area contributed by atoms with Crippen LogP contribution in [0.2, 0.25) is 5.02 Å². The summed E-state index contributed by atoms with van der Waals surface area (Å²) in [6.45, 7) is 6.36. The number of hydrogen-bond acceptors (Lipinski definition) is 4. The molecule has 1 heterocycles. The Hall–Kier alpha value is -2.40. The van der Waals surface area contributed by atoms with E-state index in [0.29, 0.717) is 11.5 Å². The molecule has 1 N–H and O–H groups in total. The SMILES string of the molecule is COc1cc2ncnc(Nc3ccc(F)c(Cl)c3)c2cc1C(C)(C)C. The molecule has 6 heteroatoms. The summed E-state index contributed by atoms with van der Waals surface area (Å²) in [4.78, 5) is 8.66. The average molecular weight is 360 g/mol. The fourth-order valence-electron chi connectivity index (χ4n) is 2.65. The van der Waals surface area contributed by atoms with Crippen molar-refractivity contribution < 1.29 is 9.13 Å². The van der Waals surface area contributed by atoms with Crippen LogP contribution in [-0.4, -0.2) is 17.1 Å². The second-order valence-electron chi connectivity index (χ2n) is 6.80. The van der Waals surface area contributed by atoms with Gasteiger partial charge < -0.3 is 10.1 Å². The van der Waals surface area contributed by atoms with E-state index in [1.807, 2.05) is 12.1 Å². The predicted molar refractivity (Wildman–Crippen MR) is 99.5 cm³/mol. The van der Waals surface area contributed by atoms with Gasteiger partial charge in [-0.3, -0.25) is 0 Å². The summed E-state index contributed by atoms with van der Waals surface area (Å²) in [5.74, 6) is 0.954. The molecule has 0 atom stereocenters. The smallest absolute Gasteiger partial charge is 0.141 e. The van der Waals surface area contributed by atoms with Gasteiger partial charge in [-0.15, -0.1) is 0 Å². The number of halogens is 2. The number of nitrogens with zero attached hydrogens (tertiary/aromatic N) is 2. The molecule has 0 fully saturated rings. The number of rotatable bonds is 3. The summed E-state index contributed by atoms with van der Waals surface area (Å²) in [5.41, 5.74) is 2.36. The molecule has 4 nitrogen and oxygen atoms in total. The molecule has 3 rings (SSSR count). The Morgan fingerprint density at radius 1 is 1.12 bits per heavy atom. The molecule has 0 aliphatic carbocycles. The number of hydrogen-bond donors (Lipinski definition) is 1. The minimum atomic E-state index is -0.459. The third kappa shape index (κ3) is 3.51. The van der Waals surface area contributed by atoms with Crippen molar-refractivity contribution in [2.45, 2.75) is 26.2 Å². The zero-order valence-corrected chi connectivity index (χ0v) is 15.3. The Morgan fingerprint density at radius 3 is 2.52 bits per heavy atom. The van der Waals surface area contributed by atoms with Gasteiger partial charge in [-0.25, -0.2) is 14.4 Å². The minimum absolute atomic E-state index is 0.0559. The van der Waals surface area contributed by atoms with Crippen molar-refractivity contribution in [2.75, 3.05) is 12.4 Å². The summed E-state index contributed by atoms with van der Waals surface area (Å²) in [6, 6.07) is 8.39. The fraction of sp³-hybridized carbons (Fsp3) is 0.263. The predicted octanol–water partition coefficient (Wildman–Crippen LogP) is 5.47. The zero-order chi connectivity index (χ0) is 18.2. The van der Waals surface area contributed by atoms with Gasteiger partial charge in [0.2, 0.25) is 0 Å². The molecule has 1 aromatic heterocycles. The topological polar surface area (TPSA) is 47.0 Å². The van der Waals surface area contributed by atoms with E-state index in [1.54, 1.807) is 13.2 Å². The van der Waals surface area contributed by atoms with Gasteiger partial charge in [-0.1, -0.05) is 32.4 Å². The van der Waals surface area contributed by atoms with Crippen LogP contribution >= 0.6 is 11.6 Å². The van der Waals surface area contributed by atoms with Gasteiger partial charge in [0.1, 0.15) is 23.7 Å². The van der Waals surface area contributed by atoms with E-state index in [1.165, 1.54) is 18.5 Å². The van der Waals surface area contributed by atoms with Gasteiger partial charge in [-0.2, -0.15) is 0 Å². The molecule has 130 valence electrons. The van der Waals surface area contributed by atoms with Gasteiger partial charge in [0, 0.05) is 22.7 Å². The van der Waals surface area contributed by atoms with Gasteiger partial charge in [0.15, 0.2) is 0 Å². The number of benzene rings is 2. The van der Waals surface area contributed by atoms with Crippen LogP contribution in [0.5, 0.6) is 5.75 Å². The number of ether oxygens (including phenoxy) is 1. The maximum atomic E-state index is 13.4. The first-order valence-electron chi connectivity index (χ1n) is 7.85. The second kappa shape index (κ2) is 6.48. The molecule has 2 aromatic carbocycles. The highest BCUT2D eigenvalue weighted by atomic mass is 35.5. The van der Waals surface area contributed by atoms with Crippen LogP contribution in [0.25, 0.3) is 10.9 Å².